The minimum atomic E-state index is -0.362. The number of imide groups is 1. The molecule has 2 fully saturated rings. The fourth-order valence-corrected chi connectivity index (χ4v) is 1.99. The third kappa shape index (κ3) is 2.80. The van der Waals surface area contributed by atoms with Gasteiger partial charge in [0.15, 0.2) is 0 Å². The lowest BCUT2D eigenvalue weighted by molar-refractivity contribution is -0.131. The Bertz CT molecular complexity index is 396. The highest BCUT2D eigenvalue weighted by atomic mass is 16.2. The second-order valence-corrected chi connectivity index (χ2v) is 5.92. The topological polar surface area (TPSA) is 69.7 Å². The molecule has 0 bridgehead atoms. The van der Waals surface area contributed by atoms with E-state index in [1.165, 1.54) is 0 Å². The molecule has 1 aliphatic heterocycles. The predicted octanol–water partition coefficient (Wildman–Crippen LogP) is 0.328. The van der Waals surface area contributed by atoms with Gasteiger partial charge in [0, 0.05) is 11.6 Å². The van der Waals surface area contributed by atoms with Gasteiger partial charge in [-0.1, -0.05) is 0 Å². The molecular weight excluding hydrogens is 234 g/mol. The molecule has 2 rings (SSSR count). The van der Waals surface area contributed by atoms with Crippen LogP contribution in [-0.2, 0) is 9.59 Å². The number of hydrogen-bond donors (Lipinski definition) is 1. The summed E-state index contributed by atoms with van der Waals surface area (Å²) in [6.45, 7) is 5.50. The first kappa shape index (κ1) is 12.9. The van der Waals surface area contributed by atoms with Crippen molar-refractivity contribution in [2.45, 2.75) is 45.2 Å². The highest BCUT2D eigenvalue weighted by Gasteiger charge is 2.44. The van der Waals surface area contributed by atoms with E-state index in [9.17, 15) is 14.4 Å². The molecule has 1 aliphatic carbocycles. The van der Waals surface area contributed by atoms with Gasteiger partial charge in [0.25, 0.3) is 5.91 Å². The SMILES string of the molecule is CC(C)(C)NC(=O)CN1C(=O)CN(C2CC2)C1=O. The molecule has 0 aromatic rings. The van der Waals surface area contributed by atoms with Crippen molar-refractivity contribution in [1.82, 2.24) is 15.1 Å². The van der Waals surface area contributed by atoms with Crippen LogP contribution < -0.4 is 5.32 Å². The molecule has 0 aromatic heterocycles. The van der Waals surface area contributed by atoms with Crippen molar-refractivity contribution in [3.8, 4) is 0 Å². The van der Waals surface area contributed by atoms with E-state index in [2.05, 4.69) is 5.32 Å². The van der Waals surface area contributed by atoms with Crippen LogP contribution in [0.2, 0.25) is 0 Å². The van der Waals surface area contributed by atoms with Gasteiger partial charge >= 0.3 is 6.03 Å². The van der Waals surface area contributed by atoms with E-state index in [-0.39, 0.29) is 42.5 Å². The molecule has 0 radical (unpaired) electrons. The Hall–Kier alpha value is -1.59. The Kier molecular flexibility index (Phi) is 3.04. The Morgan fingerprint density at radius 1 is 1.33 bits per heavy atom. The number of amides is 4. The minimum Gasteiger partial charge on any atom is -0.350 e. The molecule has 6 nitrogen and oxygen atoms in total. The molecule has 0 unspecified atom stereocenters. The average Bonchev–Trinajstić information content (AvgIpc) is 2.98. The van der Waals surface area contributed by atoms with Crippen LogP contribution >= 0.6 is 0 Å². The number of urea groups is 1. The summed E-state index contributed by atoms with van der Waals surface area (Å²) in [6.07, 6.45) is 1.92. The van der Waals surface area contributed by atoms with Gasteiger partial charge in [0.2, 0.25) is 5.91 Å². The van der Waals surface area contributed by atoms with Crippen LogP contribution in [0.15, 0.2) is 0 Å². The smallest absolute Gasteiger partial charge is 0.327 e. The lowest BCUT2D eigenvalue weighted by atomic mass is 10.1. The summed E-state index contributed by atoms with van der Waals surface area (Å²) in [7, 11) is 0. The lowest BCUT2D eigenvalue weighted by Gasteiger charge is -2.22. The third-order valence-electron chi connectivity index (χ3n) is 2.89. The molecule has 1 heterocycles. The summed E-state index contributed by atoms with van der Waals surface area (Å²) in [5.74, 6) is -0.585. The summed E-state index contributed by atoms with van der Waals surface area (Å²) >= 11 is 0. The highest BCUT2D eigenvalue weighted by Crippen LogP contribution is 2.30. The Labute approximate surface area is 106 Å². The van der Waals surface area contributed by atoms with Crippen LogP contribution in [0.4, 0.5) is 4.79 Å². The summed E-state index contributed by atoms with van der Waals surface area (Å²) in [5.41, 5.74) is -0.362. The van der Waals surface area contributed by atoms with E-state index in [1.54, 1.807) is 4.90 Å². The molecule has 1 saturated heterocycles. The van der Waals surface area contributed by atoms with Crippen LogP contribution in [0.25, 0.3) is 0 Å². The number of carbonyl (C=O) groups is 3. The molecule has 0 atom stereocenters. The lowest BCUT2D eigenvalue weighted by Crippen LogP contribution is -2.47. The zero-order valence-corrected chi connectivity index (χ0v) is 11.0. The molecule has 1 saturated carbocycles. The van der Waals surface area contributed by atoms with E-state index in [1.807, 2.05) is 20.8 Å². The number of hydrogen-bond acceptors (Lipinski definition) is 3. The zero-order valence-electron chi connectivity index (χ0n) is 11.0. The second-order valence-electron chi connectivity index (χ2n) is 5.92. The zero-order chi connectivity index (χ0) is 13.5. The van der Waals surface area contributed by atoms with Crippen molar-refractivity contribution in [3.63, 3.8) is 0 Å². The average molecular weight is 253 g/mol. The van der Waals surface area contributed by atoms with Crippen LogP contribution in [-0.4, -0.2) is 52.3 Å². The fraction of sp³-hybridized carbons (Fsp3) is 0.750. The number of nitrogens with zero attached hydrogens (tertiary/aromatic N) is 2. The minimum absolute atomic E-state index is 0.117. The van der Waals surface area contributed by atoms with Crippen molar-refractivity contribution < 1.29 is 14.4 Å². The van der Waals surface area contributed by atoms with E-state index >= 15 is 0 Å². The molecule has 1 N–H and O–H groups in total. The maximum atomic E-state index is 11.9. The van der Waals surface area contributed by atoms with E-state index in [4.69, 9.17) is 0 Å². The molecule has 0 spiro atoms. The quantitative estimate of drug-likeness (QED) is 0.737. The Morgan fingerprint density at radius 2 is 1.94 bits per heavy atom. The summed E-state index contributed by atoms with van der Waals surface area (Å²) in [6, 6.07) is -0.122. The van der Waals surface area contributed by atoms with Gasteiger partial charge in [-0.3, -0.25) is 14.5 Å². The van der Waals surface area contributed by atoms with Gasteiger partial charge < -0.3 is 10.2 Å². The van der Waals surface area contributed by atoms with Crippen molar-refractivity contribution in [2.24, 2.45) is 0 Å². The molecule has 6 heteroatoms. The first-order valence-corrected chi connectivity index (χ1v) is 6.20. The summed E-state index contributed by atoms with van der Waals surface area (Å²) in [5, 5.41) is 2.74. The van der Waals surface area contributed by atoms with Gasteiger partial charge in [-0.15, -0.1) is 0 Å². The Balaban J connectivity index is 1.94. The fourth-order valence-electron chi connectivity index (χ4n) is 1.99. The third-order valence-corrected chi connectivity index (χ3v) is 2.89. The standard InChI is InChI=1S/C12H19N3O3/c1-12(2,3)13-9(16)6-15-10(17)7-14(11(15)18)8-4-5-8/h8H,4-7H2,1-3H3,(H,13,16). The first-order valence-electron chi connectivity index (χ1n) is 6.20. The van der Waals surface area contributed by atoms with Crippen LogP contribution in [0.3, 0.4) is 0 Å². The summed E-state index contributed by atoms with van der Waals surface area (Å²) in [4.78, 5) is 38.0. The maximum absolute atomic E-state index is 11.9. The van der Waals surface area contributed by atoms with Crippen LogP contribution in [0.1, 0.15) is 33.6 Å². The van der Waals surface area contributed by atoms with Gasteiger partial charge in [-0.25, -0.2) is 4.79 Å². The van der Waals surface area contributed by atoms with Crippen molar-refractivity contribution in [1.29, 1.82) is 0 Å². The molecule has 100 valence electrons. The van der Waals surface area contributed by atoms with Gasteiger partial charge in [0.1, 0.15) is 13.1 Å². The number of nitrogens with one attached hydrogen (secondary N) is 1. The molecule has 0 aromatic carbocycles. The monoisotopic (exact) mass is 253 g/mol. The van der Waals surface area contributed by atoms with Gasteiger partial charge in [0.05, 0.1) is 0 Å². The first-order chi connectivity index (χ1) is 8.28. The Morgan fingerprint density at radius 3 is 2.44 bits per heavy atom. The van der Waals surface area contributed by atoms with Crippen LogP contribution in [0.5, 0.6) is 0 Å². The number of rotatable bonds is 3. The van der Waals surface area contributed by atoms with E-state index in [0.717, 1.165) is 17.7 Å². The van der Waals surface area contributed by atoms with Crippen molar-refractivity contribution in [3.05, 3.63) is 0 Å². The predicted molar refractivity (Wildman–Crippen MR) is 64.7 cm³/mol. The number of carbonyl (C=O) groups excluding carboxylic acids is 3. The highest BCUT2D eigenvalue weighted by molar-refractivity contribution is 6.04. The maximum Gasteiger partial charge on any atom is 0.327 e. The van der Waals surface area contributed by atoms with Crippen LogP contribution in [0, 0.1) is 0 Å². The summed E-state index contributed by atoms with van der Waals surface area (Å²) < 4.78 is 0. The largest absolute Gasteiger partial charge is 0.350 e. The van der Waals surface area contributed by atoms with Gasteiger partial charge in [-0.2, -0.15) is 0 Å². The molecule has 4 amide bonds. The molecular formula is C12H19N3O3. The van der Waals surface area contributed by atoms with Crippen molar-refractivity contribution >= 4 is 17.8 Å². The van der Waals surface area contributed by atoms with Gasteiger partial charge in [-0.05, 0) is 33.6 Å². The molecule has 2 aliphatic rings. The molecule has 18 heavy (non-hydrogen) atoms. The normalized spacial score (nSPS) is 20.6. The van der Waals surface area contributed by atoms with Crippen molar-refractivity contribution in [2.75, 3.05) is 13.1 Å². The van der Waals surface area contributed by atoms with E-state index in [0.29, 0.717) is 0 Å². The van der Waals surface area contributed by atoms with E-state index < -0.39 is 0 Å². The second kappa shape index (κ2) is 4.26.